The number of thiocarbonyl (C=S) groups is 1. The Labute approximate surface area is 91.0 Å². The van der Waals surface area contributed by atoms with Crippen molar-refractivity contribution in [2.75, 3.05) is 6.26 Å². The number of hydrogen-bond acceptors (Lipinski definition) is 3. The van der Waals surface area contributed by atoms with E-state index >= 15 is 0 Å². The van der Waals surface area contributed by atoms with E-state index in [1.807, 2.05) is 0 Å². The minimum absolute atomic E-state index is 0.138. The van der Waals surface area contributed by atoms with E-state index in [0.29, 0.717) is 0 Å². The summed E-state index contributed by atoms with van der Waals surface area (Å²) in [5, 5.41) is -0.599. The van der Waals surface area contributed by atoms with Gasteiger partial charge in [-0.25, -0.2) is 8.42 Å². The van der Waals surface area contributed by atoms with Crippen molar-refractivity contribution >= 4 is 27.0 Å². The summed E-state index contributed by atoms with van der Waals surface area (Å²) in [6, 6.07) is 0. The molecule has 1 unspecified atom stereocenters. The lowest BCUT2D eigenvalue weighted by Gasteiger charge is -2.28. The van der Waals surface area contributed by atoms with E-state index in [0.717, 1.165) is 25.7 Å². The predicted octanol–water partition coefficient (Wildman–Crippen LogP) is 1.27. The lowest BCUT2D eigenvalue weighted by Crippen LogP contribution is -2.40. The monoisotopic (exact) mass is 235 g/mol. The number of rotatable bonds is 3. The minimum Gasteiger partial charge on any atom is -0.392 e. The van der Waals surface area contributed by atoms with Crippen LogP contribution in [0, 0.1) is 5.92 Å². The Kier molecular flexibility index (Phi) is 3.89. The Hall–Kier alpha value is -0.160. The summed E-state index contributed by atoms with van der Waals surface area (Å²) in [6.45, 7) is 0. The van der Waals surface area contributed by atoms with Crippen LogP contribution in [0.5, 0.6) is 0 Å². The van der Waals surface area contributed by atoms with Gasteiger partial charge in [0.2, 0.25) is 0 Å². The molecule has 5 heteroatoms. The first-order valence-corrected chi connectivity index (χ1v) is 7.27. The molecule has 0 aromatic rings. The standard InChI is InChI=1S/C9H17NO2S2/c1-14(11,12)8(9(10)13)7-5-3-2-4-6-7/h7-8H,2-6H2,1H3,(H2,10,13). The molecule has 1 aliphatic rings. The van der Waals surface area contributed by atoms with Crippen molar-refractivity contribution in [1.29, 1.82) is 0 Å². The summed E-state index contributed by atoms with van der Waals surface area (Å²) in [7, 11) is -3.13. The van der Waals surface area contributed by atoms with Crippen molar-refractivity contribution in [1.82, 2.24) is 0 Å². The van der Waals surface area contributed by atoms with Crippen molar-refractivity contribution in [3.05, 3.63) is 0 Å². The second kappa shape index (κ2) is 4.57. The molecule has 0 saturated heterocycles. The fraction of sp³-hybridized carbons (Fsp3) is 0.889. The molecular weight excluding hydrogens is 218 g/mol. The maximum absolute atomic E-state index is 11.5. The van der Waals surface area contributed by atoms with Crippen LogP contribution >= 0.6 is 12.2 Å². The molecular formula is C9H17NO2S2. The van der Waals surface area contributed by atoms with E-state index in [1.165, 1.54) is 12.7 Å². The summed E-state index contributed by atoms with van der Waals surface area (Å²) in [4.78, 5) is 0.138. The molecule has 0 amide bonds. The van der Waals surface area contributed by atoms with E-state index in [9.17, 15) is 8.42 Å². The number of nitrogens with two attached hydrogens (primary N) is 1. The van der Waals surface area contributed by atoms with E-state index in [-0.39, 0.29) is 10.9 Å². The molecule has 0 radical (unpaired) electrons. The van der Waals surface area contributed by atoms with Gasteiger partial charge >= 0.3 is 0 Å². The quantitative estimate of drug-likeness (QED) is 0.748. The van der Waals surface area contributed by atoms with Gasteiger partial charge in [-0.1, -0.05) is 31.5 Å². The van der Waals surface area contributed by atoms with Crippen molar-refractivity contribution in [3.63, 3.8) is 0 Å². The third-order valence-corrected chi connectivity index (χ3v) is 4.78. The Bertz CT molecular complexity index is 305. The van der Waals surface area contributed by atoms with Gasteiger partial charge in [0.15, 0.2) is 9.84 Å². The Morgan fingerprint density at radius 1 is 1.36 bits per heavy atom. The van der Waals surface area contributed by atoms with Crippen molar-refractivity contribution < 1.29 is 8.42 Å². The largest absolute Gasteiger partial charge is 0.392 e. The molecule has 14 heavy (non-hydrogen) atoms. The molecule has 2 N–H and O–H groups in total. The zero-order valence-electron chi connectivity index (χ0n) is 8.40. The van der Waals surface area contributed by atoms with Crippen LogP contribution in [0.2, 0.25) is 0 Å². The van der Waals surface area contributed by atoms with Crippen LogP contribution in [0.15, 0.2) is 0 Å². The molecule has 1 atom stereocenters. The second-order valence-electron chi connectivity index (χ2n) is 4.05. The van der Waals surface area contributed by atoms with E-state index in [1.54, 1.807) is 0 Å². The molecule has 0 aromatic heterocycles. The summed E-state index contributed by atoms with van der Waals surface area (Å²) in [5.41, 5.74) is 5.51. The molecule has 0 bridgehead atoms. The normalized spacial score (nSPS) is 21.8. The second-order valence-corrected chi connectivity index (χ2v) is 6.69. The van der Waals surface area contributed by atoms with Crippen LogP contribution in [0.1, 0.15) is 32.1 Å². The van der Waals surface area contributed by atoms with E-state index in [4.69, 9.17) is 18.0 Å². The molecule has 82 valence electrons. The SMILES string of the molecule is CS(=O)(=O)C(C(N)=S)C1CCCCC1. The highest BCUT2D eigenvalue weighted by molar-refractivity contribution is 7.94. The van der Waals surface area contributed by atoms with Crippen LogP contribution in [0.4, 0.5) is 0 Å². The minimum atomic E-state index is -3.13. The first-order valence-electron chi connectivity index (χ1n) is 4.91. The average molecular weight is 235 g/mol. The van der Waals surface area contributed by atoms with Gasteiger partial charge in [0.1, 0.15) is 5.25 Å². The van der Waals surface area contributed by atoms with Crippen molar-refractivity contribution in [2.45, 2.75) is 37.4 Å². The van der Waals surface area contributed by atoms with Crippen LogP contribution in [-0.2, 0) is 9.84 Å². The predicted molar refractivity (Wildman–Crippen MR) is 62.0 cm³/mol. The molecule has 0 spiro atoms. The Balaban J connectivity index is 2.82. The average Bonchev–Trinajstić information content (AvgIpc) is 2.02. The lowest BCUT2D eigenvalue weighted by molar-refractivity contribution is 0.368. The number of hydrogen-bond donors (Lipinski definition) is 1. The zero-order chi connectivity index (χ0) is 10.8. The summed E-state index contributed by atoms with van der Waals surface area (Å²) < 4.78 is 23.0. The van der Waals surface area contributed by atoms with Crippen LogP contribution in [-0.4, -0.2) is 24.9 Å². The van der Waals surface area contributed by atoms with Gasteiger partial charge < -0.3 is 5.73 Å². The summed E-state index contributed by atoms with van der Waals surface area (Å²) >= 11 is 4.84. The zero-order valence-corrected chi connectivity index (χ0v) is 10.0. The molecule has 0 heterocycles. The molecule has 3 nitrogen and oxygen atoms in total. The van der Waals surface area contributed by atoms with Gasteiger partial charge in [-0.15, -0.1) is 0 Å². The van der Waals surface area contributed by atoms with E-state index < -0.39 is 15.1 Å². The fourth-order valence-electron chi connectivity index (χ4n) is 2.23. The van der Waals surface area contributed by atoms with Crippen LogP contribution < -0.4 is 5.73 Å². The first-order chi connectivity index (χ1) is 6.43. The topological polar surface area (TPSA) is 60.2 Å². The Morgan fingerprint density at radius 2 is 1.86 bits per heavy atom. The molecule has 1 rings (SSSR count). The molecule has 1 aliphatic carbocycles. The third-order valence-electron chi connectivity index (χ3n) is 2.82. The first kappa shape index (κ1) is 11.9. The van der Waals surface area contributed by atoms with Gasteiger partial charge in [0.05, 0.1) is 4.99 Å². The maximum atomic E-state index is 11.5. The van der Waals surface area contributed by atoms with E-state index in [2.05, 4.69) is 0 Å². The summed E-state index contributed by atoms with van der Waals surface area (Å²) in [6.07, 6.45) is 6.50. The summed E-state index contributed by atoms with van der Waals surface area (Å²) in [5.74, 6) is 0.149. The number of sulfone groups is 1. The van der Waals surface area contributed by atoms with Crippen LogP contribution in [0.3, 0.4) is 0 Å². The van der Waals surface area contributed by atoms with Crippen molar-refractivity contribution in [3.8, 4) is 0 Å². The highest BCUT2D eigenvalue weighted by Gasteiger charge is 2.33. The van der Waals surface area contributed by atoms with Gasteiger partial charge in [-0.2, -0.15) is 0 Å². The molecule has 1 fully saturated rings. The maximum Gasteiger partial charge on any atom is 0.157 e. The lowest BCUT2D eigenvalue weighted by atomic mass is 9.87. The Morgan fingerprint density at radius 3 is 2.21 bits per heavy atom. The molecule has 0 aromatic carbocycles. The van der Waals surface area contributed by atoms with Gasteiger partial charge in [0.25, 0.3) is 0 Å². The van der Waals surface area contributed by atoms with Gasteiger partial charge in [-0.3, -0.25) is 0 Å². The smallest absolute Gasteiger partial charge is 0.157 e. The van der Waals surface area contributed by atoms with Gasteiger partial charge in [-0.05, 0) is 18.8 Å². The highest BCUT2D eigenvalue weighted by atomic mass is 32.2. The molecule has 1 saturated carbocycles. The third kappa shape index (κ3) is 2.92. The molecule has 0 aliphatic heterocycles. The van der Waals surface area contributed by atoms with Crippen molar-refractivity contribution in [2.24, 2.45) is 11.7 Å². The highest BCUT2D eigenvalue weighted by Crippen LogP contribution is 2.29. The fourth-order valence-corrected chi connectivity index (χ4v) is 4.34. The van der Waals surface area contributed by atoms with Gasteiger partial charge in [0, 0.05) is 6.26 Å². The van der Waals surface area contributed by atoms with Crippen LogP contribution in [0.25, 0.3) is 0 Å².